The zero-order valence-corrected chi connectivity index (χ0v) is 13.8. The number of aryl methyl sites for hydroxylation is 1. The van der Waals surface area contributed by atoms with Crippen molar-refractivity contribution in [3.8, 4) is 0 Å². The van der Waals surface area contributed by atoms with Crippen molar-refractivity contribution >= 4 is 11.6 Å². The SMILES string of the molecule is CC(C)NCC(Cc1cccc(Cl)c1)Cc1ccn(C)n1. The number of benzene rings is 1. The fourth-order valence-electron chi connectivity index (χ4n) is 2.48. The third-order valence-electron chi connectivity index (χ3n) is 3.49. The van der Waals surface area contributed by atoms with E-state index in [4.69, 9.17) is 11.6 Å². The maximum absolute atomic E-state index is 6.09. The van der Waals surface area contributed by atoms with E-state index in [1.165, 1.54) is 5.56 Å². The molecule has 0 saturated heterocycles. The van der Waals surface area contributed by atoms with Crippen LogP contribution in [0.25, 0.3) is 0 Å². The Bertz CT molecular complexity index is 563. The highest BCUT2D eigenvalue weighted by atomic mass is 35.5. The van der Waals surface area contributed by atoms with Crippen molar-refractivity contribution in [2.24, 2.45) is 13.0 Å². The molecule has 21 heavy (non-hydrogen) atoms. The van der Waals surface area contributed by atoms with Crippen LogP contribution < -0.4 is 5.32 Å². The summed E-state index contributed by atoms with van der Waals surface area (Å²) >= 11 is 6.09. The summed E-state index contributed by atoms with van der Waals surface area (Å²) in [6, 6.07) is 10.7. The van der Waals surface area contributed by atoms with Crippen molar-refractivity contribution in [2.75, 3.05) is 6.54 Å². The fraction of sp³-hybridized carbons (Fsp3) is 0.471. The average Bonchev–Trinajstić information content (AvgIpc) is 2.81. The molecule has 0 fully saturated rings. The van der Waals surface area contributed by atoms with Crippen molar-refractivity contribution in [1.29, 1.82) is 0 Å². The van der Waals surface area contributed by atoms with Crippen molar-refractivity contribution < 1.29 is 0 Å². The number of nitrogens with one attached hydrogen (secondary N) is 1. The van der Waals surface area contributed by atoms with E-state index in [1.807, 2.05) is 30.1 Å². The maximum atomic E-state index is 6.09. The van der Waals surface area contributed by atoms with Gasteiger partial charge in [0.15, 0.2) is 0 Å². The third-order valence-corrected chi connectivity index (χ3v) is 3.73. The normalized spacial score (nSPS) is 12.8. The summed E-state index contributed by atoms with van der Waals surface area (Å²) in [4.78, 5) is 0. The van der Waals surface area contributed by atoms with Crippen molar-refractivity contribution in [3.05, 3.63) is 52.8 Å². The molecule has 1 N–H and O–H groups in total. The zero-order valence-electron chi connectivity index (χ0n) is 13.0. The molecule has 0 aliphatic rings. The van der Waals surface area contributed by atoms with Gasteiger partial charge >= 0.3 is 0 Å². The second kappa shape index (κ2) is 7.62. The minimum atomic E-state index is 0.496. The molecule has 3 nitrogen and oxygen atoms in total. The molecular formula is C17H24ClN3. The van der Waals surface area contributed by atoms with Crippen LogP contribution in [0.4, 0.5) is 0 Å². The van der Waals surface area contributed by atoms with Gasteiger partial charge in [-0.3, -0.25) is 4.68 Å². The van der Waals surface area contributed by atoms with Crippen molar-refractivity contribution in [3.63, 3.8) is 0 Å². The van der Waals surface area contributed by atoms with Gasteiger partial charge in [0, 0.05) is 24.3 Å². The first-order valence-corrected chi connectivity index (χ1v) is 7.87. The largest absolute Gasteiger partial charge is 0.314 e. The van der Waals surface area contributed by atoms with E-state index in [0.29, 0.717) is 12.0 Å². The number of hydrogen-bond acceptors (Lipinski definition) is 2. The Morgan fingerprint density at radius 3 is 2.67 bits per heavy atom. The van der Waals surface area contributed by atoms with Crippen LogP contribution in [0.2, 0.25) is 5.02 Å². The molecule has 0 spiro atoms. The molecule has 0 radical (unpaired) electrons. The molecular weight excluding hydrogens is 282 g/mol. The van der Waals surface area contributed by atoms with E-state index in [-0.39, 0.29) is 0 Å². The van der Waals surface area contributed by atoms with Crippen LogP contribution in [0.15, 0.2) is 36.5 Å². The van der Waals surface area contributed by atoms with E-state index in [9.17, 15) is 0 Å². The van der Waals surface area contributed by atoms with Crippen LogP contribution >= 0.6 is 11.6 Å². The standard InChI is InChI=1S/C17H24ClN3/c1-13(2)19-12-15(11-17-7-8-21(3)20-17)9-14-5-4-6-16(18)10-14/h4-8,10,13,15,19H,9,11-12H2,1-3H3. The van der Waals surface area contributed by atoms with Crippen LogP contribution in [0.1, 0.15) is 25.1 Å². The summed E-state index contributed by atoms with van der Waals surface area (Å²) in [5.74, 6) is 0.515. The Labute approximate surface area is 132 Å². The Morgan fingerprint density at radius 1 is 1.24 bits per heavy atom. The van der Waals surface area contributed by atoms with Crippen LogP contribution in [0.5, 0.6) is 0 Å². The molecule has 0 aliphatic heterocycles. The Hall–Kier alpha value is -1.32. The summed E-state index contributed by atoms with van der Waals surface area (Å²) in [5, 5.41) is 8.85. The topological polar surface area (TPSA) is 29.9 Å². The van der Waals surface area contributed by atoms with E-state index >= 15 is 0 Å². The lowest BCUT2D eigenvalue weighted by Crippen LogP contribution is -2.31. The highest BCUT2D eigenvalue weighted by Crippen LogP contribution is 2.17. The molecule has 114 valence electrons. The zero-order chi connectivity index (χ0) is 15.2. The van der Waals surface area contributed by atoms with Gasteiger partial charge in [0.1, 0.15) is 0 Å². The quantitative estimate of drug-likeness (QED) is 0.849. The van der Waals surface area contributed by atoms with Gasteiger partial charge in [-0.05, 0) is 49.1 Å². The third kappa shape index (κ3) is 5.52. The Balaban J connectivity index is 2.04. The van der Waals surface area contributed by atoms with Crippen molar-refractivity contribution in [1.82, 2.24) is 15.1 Å². The summed E-state index contributed by atoms with van der Waals surface area (Å²) in [6.45, 7) is 5.34. The smallest absolute Gasteiger partial charge is 0.0627 e. The minimum absolute atomic E-state index is 0.496. The lowest BCUT2D eigenvalue weighted by Gasteiger charge is -2.19. The number of halogens is 1. The molecule has 0 aliphatic carbocycles. The minimum Gasteiger partial charge on any atom is -0.314 e. The summed E-state index contributed by atoms with van der Waals surface area (Å²) in [7, 11) is 1.96. The van der Waals surface area contributed by atoms with Crippen molar-refractivity contribution in [2.45, 2.75) is 32.7 Å². The van der Waals surface area contributed by atoms with Gasteiger partial charge in [-0.2, -0.15) is 5.10 Å². The van der Waals surface area contributed by atoms with E-state index in [2.05, 4.69) is 42.5 Å². The molecule has 2 aromatic rings. The van der Waals surface area contributed by atoms with Crippen LogP contribution in [-0.4, -0.2) is 22.4 Å². The van der Waals surface area contributed by atoms with Gasteiger partial charge in [-0.25, -0.2) is 0 Å². The van der Waals surface area contributed by atoms with Gasteiger partial charge < -0.3 is 5.32 Å². The molecule has 0 amide bonds. The number of nitrogens with zero attached hydrogens (tertiary/aromatic N) is 2. The molecule has 1 atom stereocenters. The summed E-state index contributed by atoms with van der Waals surface area (Å²) in [5.41, 5.74) is 2.43. The molecule has 0 saturated carbocycles. The Kier molecular flexibility index (Phi) is 5.83. The first-order valence-electron chi connectivity index (χ1n) is 7.49. The van der Waals surface area contributed by atoms with E-state index in [1.54, 1.807) is 0 Å². The predicted octanol–water partition coefficient (Wildman–Crippen LogP) is 3.47. The molecule has 4 heteroatoms. The highest BCUT2D eigenvalue weighted by molar-refractivity contribution is 6.30. The lowest BCUT2D eigenvalue weighted by molar-refractivity contribution is 0.439. The van der Waals surface area contributed by atoms with Crippen LogP contribution in [-0.2, 0) is 19.9 Å². The predicted molar refractivity (Wildman–Crippen MR) is 88.7 cm³/mol. The molecule has 2 rings (SSSR count). The molecule has 1 aromatic heterocycles. The highest BCUT2D eigenvalue weighted by Gasteiger charge is 2.13. The molecule has 1 aromatic carbocycles. The van der Waals surface area contributed by atoms with Gasteiger partial charge in [0.25, 0.3) is 0 Å². The number of aromatic nitrogens is 2. The second-order valence-corrected chi connectivity index (χ2v) is 6.38. The maximum Gasteiger partial charge on any atom is 0.0627 e. The van der Waals surface area contributed by atoms with E-state index in [0.717, 1.165) is 30.1 Å². The van der Waals surface area contributed by atoms with Gasteiger partial charge in [-0.1, -0.05) is 37.6 Å². The van der Waals surface area contributed by atoms with Gasteiger partial charge in [0.2, 0.25) is 0 Å². The Morgan fingerprint density at radius 2 is 2.05 bits per heavy atom. The molecule has 0 bridgehead atoms. The van der Waals surface area contributed by atoms with Crippen LogP contribution in [0, 0.1) is 5.92 Å². The molecule has 1 unspecified atom stereocenters. The fourth-order valence-corrected chi connectivity index (χ4v) is 2.70. The summed E-state index contributed by atoms with van der Waals surface area (Å²) in [6.07, 6.45) is 3.99. The summed E-state index contributed by atoms with van der Waals surface area (Å²) < 4.78 is 1.86. The lowest BCUT2D eigenvalue weighted by atomic mass is 9.94. The van der Waals surface area contributed by atoms with Crippen LogP contribution in [0.3, 0.4) is 0 Å². The van der Waals surface area contributed by atoms with Gasteiger partial charge in [0.05, 0.1) is 5.69 Å². The monoisotopic (exact) mass is 305 g/mol. The van der Waals surface area contributed by atoms with Gasteiger partial charge in [-0.15, -0.1) is 0 Å². The second-order valence-electron chi connectivity index (χ2n) is 5.95. The first kappa shape index (κ1) is 16.1. The number of hydrogen-bond donors (Lipinski definition) is 1. The average molecular weight is 306 g/mol. The first-order chi connectivity index (χ1) is 10.0. The number of rotatable bonds is 7. The van der Waals surface area contributed by atoms with E-state index < -0.39 is 0 Å². The molecule has 1 heterocycles.